The Bertz CT molecular complexity index is 890. The molecule has 1 amide bonds. The van der Waals surface area contributed by atoms with Gasteiger partial charge in [0, 0.05) is 22.9 Å². The van der Waals surface area contributed by atoms with Gasteiger partial charge in [-0.25, -0.2) is 0 Å². The lowest BCUT2D eigenvalue weighted by atomic mass is 10.2. The highest BCUT2D eigenvalue weighted by molar-refractivity contribution is 6.30. The molecule has 128 valence electrons. The average molecular weight is 357 g/mol. The van der Waals surface area contributed by atoms with E-state index in [1.165, 1.54) is 0 Å². The highest BCUT2D eigenvalue weighted by Gasteiger charge is 2.18. The number of primary amides is 1. The summed E-state index contributed by atoms with van der Waals surface area (Å²) in [6.07, 6.45) is 0. The minimum Gasteiger partial charge on any atom is -0.399 e. The van der Waals surface area contributed by atoms with Crippen molar-refractivity contribution in [1.82, 2.24) is 10.2 Å². The number of carbonyl (C=O) groups is 1. The van der Waals surface area contributed by atoms with E-state index < -0.39 is 5.91 Å². The van der Waals surface area contributed by atoms with Crippen molar-refractivity contribution in [3.63, 3.8) is 0 Å². The van der Waals surface area contributed by atoms with Crippen molar-refractivity contribution >= 4 is 40.5 Å². The molecule has 1 heterocycles. The number of anilines is 4. The highest BCUT2D eigenvalue weighted by Crippen LogP contribution is 2.26. The first-order valence-corrected chi connectivity index (χ1v) is 7.90. The van der Waals surface area contributed by atoms with Crippen LogP contribution in [0.25, 0.3) is 0 Å². The van der Waals surface area contributed by atoms with Gasteiger partial charge in [0.1, 0.15) is 11.4 Å². The van der Waals surface area contributed by atoms with E-state index in [1.54, 1.807) is 18.2 Å². The Balaban J connectivity index is 1.79. The Morgan fingerprint density at radius 2 is 1.96 bits per heavy atom. The quantitative estimate of drug-likeness (QED) is 0.434. The fourth-order valence-electron chi connectivity index (χ4n) is 2.33. The van der Waals surface area contributed by atoms with E-state index in [-0.39, 0.29) is 5.56 Å². The van der Waals surface area contributed by atoms with Crippen LogP contribution in [0.4, 0.5) is 23.0 Å². The van der Waals surface area contributed by atoms with Gasteiger partial charge in [0.05, 0.1) is 0 Å². The van der Waals surface area contributed by atoms with Crippen LogP contribution in [0.3, 0.4) is 0 Å². The molecular weight excluding hydrogens is 340 g/mol. The summed E-state index contributed by atoms with van der Waals surface area (Å²) in [4.78, 5) is 11.9. The number of nitrogen functional groups attached to an aromatic ring is 1. The van der Waals surface area contributed by atoms with Crippen molar-refractivity contribution < 1.29 is 4.79 Å². The zero-order chi connectivity index (χ0) is 17.8. The smallest absolute Gasteiger partial charge is 0.256 e. The Labute approximate surface area is 149 Å². The third kappa shape index (κ3) is 4.02. The Morgan fingerprint density at radius 1 is 1.20 bits per heavy atom. The first kappa shape index (κ1) is 16.7. The van der Waals surface area contributed by atoms with Gasteiger partial charge < -0.3 is 22.1 Å². The van der Waals surface area contributed by atoms with Crippen LogP contribution in [0.2, 0.25) is 5.02 Å². The summed E-state index contributed by atoms with van der Waals surface area (Å²) in [7, 11) is 0. The molecule has 0 fully saturated rings. The maximum atomic E-state index is 11.9. The lowest BCUT2D eigenvalue weighted by Gasteiger charge is -2.08. The summed E-state index contributed by atoms with van der Waals surface area (Å²) in [5.41, 5.74) is 13.8. The van der Waals surface area contributed by atoms with Crippen molar-refractivity contribution in [2.75, 3.05) is 16.4 Å². The van der Waals surface area contributed by atoms with Crippen LogP contribution >= 0.6 is 11.6 Å². The van der Waals surface area contributed by atoms with Crippen LogP contribution in [0.5, 0.6) is 0 Å². The number of hydrogen-bond donors (Lipinski definition) is 5. The predicted octanol–water partition coefficient (Wildman–Crippen LogP) is 3.10. The molecule has 3 rings (SSSR count). The maximum Gasteiger partial charge on any atom is 0.256 e. The van der Waals surface area contributed by atoms with Crippen LogP contribution in [-0.2, 0) is 6.54 Å². The number of nitrogens with one attached hydrogen (secondary N) is 3. The summed E-state index contributed by atoms with van der Waals surface area (Å²) >= 11 is 5.97. The number of H-pyrrole nitrogens is 1. The van der Waals surface area contributed by atoms with E-state index in [4.69, 9.17) is 23.1 Å². The van der Waals surface area contributed by atoms with Gasteiger partial charge in [0.2, 0.25) is 0 Å². The molecule has 0 bridgehead atoms. The molecule has 1 aromatic heterocycles. The molecule has 0 aliphatic heterocycles. The summed E-state index contributed by atoms with van der Waals surface area (Å²) in [5, 5.41) is 13.6. The van der Waals surface area contributed by atoms with E-state index in [0.717, 1.165) is 5.56 Å². The second-order valence-corrected chi connectivity index (χ2v) is 5.85. The molecule has 7 N–H and O–H groups in total. The second kappa shape index (κ2) is 7.14. The maximum absolute atomic E-state index is 11.9. The molecule has 2 aromatic carbocycles. The standard InChI is InChI=1S/C17H17ClN6O/c18-11-2-1-3-13(8-11)22-17-14(15(20)25)16(23-24-17)21-9-10-4-6-12(19)7-5-10/h1-8H,9,19H2,(H2,20,25)(H3,21,22,23,24). The number of amides is 1. The van der Waals surface area contributed by atoms with Crippen molar-refractivity contribution in [1.29, 1.82) is 0 Å². The molecule has 25 heavy (non-hydrogen) atoms. The molecule has 0 radical (unpaired) electrons. The Kier molecular flexibility index (Phi) is 4.76. The minimum absolute atomic E-state index is 0.246. The molecule has 0 aliphatic carbocycles. The number of carbonyl (C=O) groups excluding carboxylic acids is 1. The lowest BCUT2D eigenvalue weighted by molar-refractivity contribution is 0.100. The number of aromatic nitrogens is 2. The van der Waals surface area contributed by atoms with Gasteiger partial charge in [-0.1, -0.05) is 29.8 Å². The summed E-state index contributed by atoms with van der Waals surface area (Å²) in [6.45, 7) is 0.474. The lowest BCUT2D eigenvalue weighted by Crippen LogP contribution is -2.15. The summed E-state index contributed by atoms with van der Waals surface area (Å²) < 4.78 is 0. The Morgan fingerprint density at radius 3 is 2.64 bits per heavy atom. The van der Waals surface area contributed by atoms with Gasteiger partial charge in [0.25, 0.3) is 5.91 Å². The number of hydrogen-bond acceptors (Lipinski definition) is 5. The number of halogens is 1. The molecule has 0 saturated heterocycles. The van der Waals surface area contributed by atoms with Crippen LogP contribution in [0.15, 0.2) is 48.5 Å². The largest absolute Gasteiger partial charge is 0.399 e. The van der Waals surface area contributed by atoms with E-state index in [9.17, 15) is 4.79 Å². The first-order chi connectivity index (χ1) is 12.0. The van der Waals surface area contributed by atoms with Crippen molar-refractivity contribution in [3.05, 3.63) is 64.7 Å². The monoisotopic (exact) mass is 356 g/mol. The predicted molar refractivity (Wildman–Crippen MR) is 100 cm³/mol. The summed E-state index contributed by atoms with van der Waals surface area (Å²) in [5.74, 6) is 0.168. The highest BCUT2D eigenvalue weighted by atomic mass is 35.5. The molecule has 0 spiro atoms. The SMILES string of the molecule is NC(=O)c1c(NCc2ccc(N)cc2)n[nH]c1Nc1cccc(Cl)c1. The number of aromatic amines is 1. The normalized spacial score (nSPS) is 10.4. The zero-order valence-corrected chi connectivity index (χ0v) is 14.0. The topological polar surface area (TPSA) is 122 Å². The van der Waals surface area contributed by atoms with Gasteiger partial charge in [-0.15, -0.1) is 0 Å². The number of rotatable bonds is 6. The van der Waals surface area contributed by atoms with Crippen LogP contribution < -0.4 is 22.1 Å². The van der Waals surface area contributed by atoms with Crippen LogP contribution in [0.1, 0.15) is 15.9 Å². The fraction of sp³-hybridized carbons (Fsp3) is 0.0588. The molecule has 0 saturated carbocycles. The third-order valence-electron chi connectivity index (χ3n) is 3.55. The molecule has 8 heteroatoms. The zero-order valence-electron chi connectivity index (χ0n) is 13.2. The van der Waals surface area contributed by atoms with Gasteiger partial charge in [-0.3, -0.25) is 9.89 Å². The van der Waals surface area contributed by atoms with E-state index in [2.05, 4.69) is 20.8 Å². The minimum atomic E-state index is -0.599. The van der Waals surface area contributed by atoms with Crippen LogP contribution in [-0.4, -0.2) is 16.1 Å². The van der Waals surface area contributed by atoms with Gasteiger partial charge >= 0.3 is 0 Å². The number of nitrogens with two attached hydrogens (primary N) is 2. The van der Waals surface area contributed by atoms with Crippen LogP contribution in [0, 0.1) is 0 Å². The molecular formula is C17H17ClN6O. The van der Waals surface area contributed by atoms with E-state index in [0.29, 0.717) is 34.6 Å². The number of nitrogens with zero attached hydrogens (tertiary/aromatic N) is 1. The van der Waals surface area contributed by atoms with E-state index >= 15 is 0 Å². The number of benzene rings is 2. The average Bonchev–Trinajstić information content (AvgIpc) is 2.97. The van der Waals surface area contributed by atoms with Gasteiger partial charge in [-0.2, -0.15) is 5.10 Å². The van der Waals surface area contributed by atoms with Gasteiger partial charge in [0.15, 0.2) is 5.82 Å². The van der Waals surface area contributed by atoms with Crippen molar-refractivity contribution in [3.8, 4) is 0 Å². The first-order valence-electron chi connectivity index (χ1n) is 7.52. The third-order valence-corrected chi connectivity index (χ3v) is 3.78. The Hall–Kier alpha value is -3.19. The van der Waals surface area contributed by atoms with Gasteiger partial charge in [-0.05, 0) is 35.9 Å². The van der Waals surface area contributed by atoms with E-state index in [1.807, 2.05) is 30.3 Å². The molecule has 0 aliphatic rings. The van der Waals surface area contributed by atoms with Crippen molar-refractivity contribution in [2.24, 2.45) is 5.73 Å². The summed E-state index contributed by atoms with van der Waals surface area (Å²) in [6, 6.07) is 14.5. The molecule has 0 atom stereocenters. The molecule has 0 unspecified atom stereocenters. The second-order valence-electron chi connectivity index (χ2n) is 5.42. The molecule has 3 aromatic rings. The van der Waals surface area contributed by atoms with Crippen molar-refractivity contribution in [2.45, 2.75) is 6.54 Å². The fourth-order valence-corrected chi connectivity index (χ4v) is 2.52. The molecule has 7 nitrogen and oxygen atoms in total.